The zero-order valence-electron chi connectivity index (χ0n) is 10.8. The SMILES string of the molecule is CC.CC.Fc1ccccn1.c1cncnc1. The molecule has 94 valence electrons. The molecule has 0 aromatic carbocycles. The van der Waals surface area contributed by atoms with Crippen LogP contribution in [0.2, 0.25) is 0 Å². The van der Waals surface area contributed by atoms with Crippen molar-refractivity contribution in [3.8, 4) is 0 Å². The van der Waals surface area contributed by atoms with Gasteiger partial charge < -0.3 is 0 Å². The normalized spacial score (nSPS) is 7.12. The van der Waals surface area contributed by atoms with Crippen LogP contribution in [0.1, 0.15) is 27.7 Å². The van der Waals surface area contributed by atoms with Crippen LogP contribution in [0.5, 0.6) is 0 Å². The van der Waals surface area contributed by atoms with Gasteiger partial charge in [0.15, 0.2) is 0 Å². The fourth-order valence-corrected chi connectivity index (χ4v) is 0.595. The van der Waals surface area contributed by atoms with Gasteiger partial charge in [-0.05, 0) is 18.2 Å². The minimum absolute atomic E-state index is 0.428. The van der Waals surface area contributed by atoms with Gasteiger partial charge in [-0.2, -0.15) is 4.39 Å². The third kappa shape index (κ3) is 14.2. The van der Waals surface area contributed by atoms with Crippen molar-refractivity contribution in [2.75, 3.05) is 0 Å². The first kappa shape index (κ1) is 17.6. The third-order valence-corrected chi connectivity index (χ3v) is 1.11. The van der Waals surface area contributed by atoms with E-state index >= 15 is 0 Å². The molecule has 0 aliphatic heterocycles. The zero-order chi connectivity index (χ0) is 13.4. The number of nitrogens with zero attached hydrogens (tertiary/aromatic N) is 3. The lowest BCUT2D eigenvalue weighted by atomic mass is 10.5. The van der Waals surface area contributed by atoms with Gasteiger partial charge in [0, 0.05) is 18.6 Å². The Labute approximate surface area is 103 Å². The molecule has 2 aromatic rings. The van der Waals surface area contributed by atoms with E-state index in [1.54, 1.807) is 30.6 Å². The molecule has 0 N–H and O–H groups in total. The topological polar surface area (TPSA) is 38.7 Å². The van der Waals surface area contributed by atoms with Crippen molar-refractivity contribution in [2.45, 2.75) is 27.7 Å². The molecule has 0 saturated carbocycles. The Balaban J connectivity index is 0. The molecule has 0 radical (unpaired) electrons. The van der Waals surface area contributed by atoms with Crippen molar-refractivity contribution in [3.05, 3.63) is 55.1 Å². The number of rotatable bonds is 0. The Morgan fingerprint density at radius 1 is 0.824 bits per heavy atom. The average molecular weight is 237 g/mol. The molecule has 0 amide bonds. The summed E-state index contributed by atoms with van der Waals surface area (Å²) in [6, 6.07) is 6.35. The van der Waals surface area contributed by atoms with Crippen LogP contribution in [0, 0.1) is 5.95 Å². The number of hydrogen-bond donors (Lipinski definition) is 0. The predicted octanol–water partition coefficient (Wildman–Crippen LogP) is 3.75. The first-order valence-corrected chi connectivity index (χ1v) is 5.66. The maximum atomic E-state index is 11.8. The van der Waals surface area contributed by atoms with Crippen molar-refractivity contribution in [2.24, 2.45) is 0 Å². The Bertz CT molecular complexity index is 287. The lowest BCUT2D eigenvalue weighted by Gasteiger charge is -1.78. The largest absolute Gasteiger partial charge is 0.245 e. The summed E-state index contributed by atoms with van der Waals surface area (Å²) >= 11 is 0. The maximum absolute atomic E-state index is 11.8. The van der Waals surface area contributed by atoms with E-state index in [0.29, 0.717) is 0 Å². The Kier molecular flexibility index (Phi) is 17.1. The molecule has 17 heavy (non-hydrogen) atoms. The molecule has 0 aliphatic rings. The van der Waals surface area contributed by atoms with E-state index in [-0.39, 0.29) is 0 Å². The van der Waals surface area contributed by atoms with Gasteiger partial charge in [0.25, 0.3) is 0 Å². The lowest BCUT2D eigenvalue weighted by molar-refractivity contribution is 0.584. The monoisotopic (exact) mass is 237 g/mol. The molecule has 0 saturated heterocycles. The molecule has 0 atom stereocenters. The predicted molar refractivity (Wildman–Crippen MR) is 68.9 cm³/mol. The lowest BCUT2D eigenvalue weighted by Crippen LogP contribution is -1.73. The maximum Gasteiger partial charge on any atom is 0.212 e. The smallest absolute Gasteiger partial charge is 0.212 e. The molecule has 0 unspecified atom stereocenters. The van der Waals surface area contributed by atoms with Crippen molar-refractivity contribution in [1.29, 1.82) is 0 Å². The number of halogens is 1. The van der Waals surface area contributed by atoms with Gasteiger partial charge >= 0.3 is 0 Å². The third-order valence-electron chi connectivity index (χ3n) is 1.11. The summed E-state index contributed by atoms with van der Waals surface area (Å²) in [5, 5.41) is 0. The summed E-state index contributed by atoms with van der Waals surface area (Å²) in [6.07, 6.45) is 6.29. The highest BCUT2D eigenvalue weighted by atomic mass is 19.1. The zero-order valence-corrected chi connectivity index (χ0v) is 10.8. The van der Waals surface area contributed by atoms with Gasteiger partial charge in [-0.25, -0.2) is 15.0 Å². The highest BCUT2D eigenvalue weighted by Gasteiger charge is 1.78. The van der Waals surface area contributed by atoms with Crippen LogP contribution in [0.4, 0.5) is 4.39 Å². The highest BCUT2D eigenvalue weighted by molar-refractivity contribution is 4.90. The van der Waals surface area contributed by atoms with E-state index in [2.05, 4.69) is 15.0 Å². The van der Waals surface area contributed by atoms with Crippen LogP contribution in [0.25, 0.3) is 0 Å². The highest BCUT2D eigenvalue weighted by Crippen LogP contribution is 1.85. The van der Waals surface area contributed by atoms with E-state index in [9.17, 15) is 4.39 Å². The van der Waals surface area contributed by atoms with Crippen LogP contribution >= 0.6 is 0 Å². The van der Waals surface area contributed by atoms with Gasteiger partial charge in [0.2, 0.25) is 5.95 Å². The standard InChI is InChI=1S/C5H4FN.C4H4N2.2C2H6/c6-5-3-1-2-4-7-5;1-2-5-4-6-3-1;2*1-2/h1-4H;1-4H;2*1-2H3. The van der Waals surface area contributed by atoms with E-state index in [1.807, 2.05) is 27.7 Å². The Morgan fingerprint density at radius 2 is 1.41 bits per heavy atom. The second kappa shape index (κ2) is 16.6. The number of aromatic nitrogens is 3. The number of pyridine rings is 1. The first-order chi connectivity index (χ1) is 8.39. The Hall–Kier alpha value is -1.84. The van der Waals surface area contributed by atoms with Crippen molar-refractivity contribution < 1.29 is 4.39 Å². The molecular weight excluding hydrogens is 217 g/mol. The van der Waals surface area contributed by atoms with E-state index < -0.39 is 5.95 Å². The summed E-state index contributed by atoms with van der Waals surface area (Å²) < 4.78 is 11.8. The van der Waals surface area contributed by atoms with Crippen molar-refractivity contribution >= 4 is 0 Å². The fourth-order valence-electron chi connectivity index (χ4n) is 0.595. The van der Waals surface area contributed by atoms with E-state index in [0.717, 1.165) is 0 Å². The van der Waals surface area contributed by atoms with Crippen molar-refractivity contribution in [3.63, 3.8) is 0 Å². The molecule has 2 aromatic heterocycles. The fraction of sp³-hybridized carbons (Fsp3) is 0.308. The van der Waals surface area contributed by atoms with Crippen LogP contribution in [0.3, 0.4) is 0 Å². The van der Waals surface area contributed by atoms with Gasteiger partial charge in [-0.3, -0.25) is 0 Å². The van der Waals surface area contributed by atoms with Gasteiger partial charge in [0.05, 0.1) is 0 Å². The summed E-state index contributed by atoms with van der Waals surface area (Å²) in [7, 11) is 0. The van der Waals surface area contributed by atoms with Crippen LogP contribution in [-0.4, -0.2) is 15.0 Å². The second-order valence-electron chi connectivity index (χ2n) is 2.06. The molecule has 2 rings (SSSR count). The van der Waals surface area contributed by atoms with Crippen LogP contribution in [-0.2, 0) is 0 Å². The van der Waals surface area contributed by atoms with Gasteiger partial charge in [-0.15, -0.1) is 0 Å². The summed E-state index contributed by atoms with van der Waals surface area (Å²) in [6.45, 7) is 8.00. The molecule has 0 bridgehead atoms. The average Bonchev–Trinajstić information content (AvgIpc) is 2.47. The minimum Gasteiger partial charge on any atom is -0.245 e. The van der Waals surface area contributed by atoms with Crippen LogP contribution in [0.15, 0.2) is 49.2 Å². The molecule has 4 heteroatoms. The van der Waals surface area contributed by atoms with E-state index in [4.69, 9.17) is 0 Å². The van der Waals surface area contributed by atoms with Crippen molar-refractivity contribution in [1.82, 2.24) is 15.0 Å². The molecule has 0 aliphatic carbocycles. The van der Waals surface area contributed by atoms with Crippen LogP contribution < -0.4 is 0 Å². The molecule has 2 heterocycles. The first-order valence-electron chi connectivity index (χ1n) is 5.66. The van der Waals surface area contributed by atoms with Gasteiger partial charge in [-0.1, -0.05) is 33.8 Å². The minimum atomic E-state index is -0.428. The molecule has 3 nitrogen and oxygen atoms in total. The summed E-state index contributed by atoms with van der Waals surface area (Å²) in [5.74, 6) is -0.428. The second-order valence-corrected chi connectivity index (χ2v) is 2.06. The summed E-state index contributed by atoms with van der Waals surface area (Å²) in [4.78, 5) is 10.7. The molecular formula is C13H20FN3. The van der Waals surface area contributed by atoms with Gasteiger partial charge in [0.1, 0.15) is 6.33 Å². The Morgan fingerprint density at radius 3 is 1.59 bits per heavy atom. The van der Waals surface area contributed by atoms with E-state index in [1.165, 1.54) is 18.6 Å². The number of hydrogen-bond acceptors (Lipinski definition) is 3. The summed E-state index contributed by atoms with van der Waals surface area (Å²) in [5.41, 5.74) is 0. The molecule has 0 fully saturated rings. The molecule has 0 spiro atoms. The quantitative estimate of drug-likeness (QED) is 0.655.